The molecule has 0 radical (unpaired) electrons. The maximum absolute atomic E-state index is 5.13. The van der Waals surface area contributed by atoms with Crippen LogP contribution >= 0.6 is 0 Å². The van der Waals surface area contributed by atoms with Crippen LogP contribution in [0.15, 0.2) is 182 Å². The number of nitrogens with zero attached hydrogens (tertiary/aromatic N) is 4. The van der Waals surface area contributed by atoms with Crippen molar-refractivity contribution >= 4 is 43.4 Å². The number of fused-ring (bicyclic) bond motifs is 7. The Morgan fingerprint density at radius 2 is 0.725 bits per heavy atom. The van der Waals surface area contributed by atoms with Crippen LogP contribution in [0, 0.1) is 0 Å². The Hall–Kier alpha value is -6.91. The first kappa shape index (κ1) is 29.0. The fourth-order valence-corrected chi connectivity index (χ4v) is 7.43. The largest absolute Gasteiger partial charge is 0.309 e. The third-order valence-electron chi connectivity index (χ3n) is 9.79. The minimum Gasteiger partial charge on any atom is -0.309 e. The summed E-state index contributed by atoms with van der Waals surface area (Å²) >= 11 is 0. The summed E-state index contributed by atoms with van der Waals surface area (Å²) in [5.41, 5.74) is 8.36. The van der Waals surface area contributed by atoms with E-state index < -0.39 is 0 Å². The van der Waals surface area contributed by atoms with Gasteiger partial charge in [0, 0.05) is 33.2 Å². The highest BCUT2D eigenvalue weighted by Gasteiger charge is 2.20. The number of aromatic nitrogens is 4. The summed E-state index contributed by atoms with van der Waals surface area (Å²) in [5.74, 6) is 1.90. The molecule has 10 aromatic rings. The summed E-state index contributed by atoms with van der Waals surface area (Å²) < 4.78 is 2.41. The standard InChI is InChI=1S/C47H30N4/c1-4-14-31(15-5-1)36-28-37(47-49-45(34-18-6-2-7-19-34)48-46(50-47)35-20-8-3-9-21-35)30-38(29-36)51-41-26-24-32-16-10-12-22-39(32)43(41)44-40-23-13-11-17-33(40)25-27-42(44)51/h1-30H. The zero-order chi connectivity index (χ0) is 33.7. The monoisotopic (exact) mass is 650 g/mol. The molecule has 4 nitrogen and oxygen atoms in total. The Labute approximate surface area is 295 Å². The van der Waals surface area contributed by atoms with Crippen molar-refractivity contribution < 1.29 is 0 Å². The van der Waals surface area contributed by atoms with Gasteiger partial charge in [0.2, 0.25) is 0 Å². The Morgan fingerprint density at radius 1 is 0.314 bits per heavy atom. The lowest BCUT2D eigenvalue weighted by Gasteiger charge is -2.14. The minimum absolute atomic E-state index is 0.624. The lowest BCUT2D eigenvalue weighted by atomic mass is 10.00. The van der Waals surface area contributed by atoms with Gasteiger partial charge >= 0.3 is 0 Å². The summed E-state index contributed by atoms with van der Waals surface area (Å²) in [6, 6.07) is 64.0. The summed E-state index contributed by atoms with van der Waals surface area (Å²) in [6.45, 7) is 0. The van der Waals surface area contributed by atoms with E-state index >= 15 is 0 Å². The van der Waals surface area contributed by atoms with E-state index in [-0.39, 0.29) is 0 Å². The van der Waals surface area contributed by atoms with Gasteiger partial charge in [0.05, 0.1) is 11.0 Å². The van der Waals surface area contributed by atoms with Crippen LogP contribution in [0.5, 0.6) is 0 Å². The molecule has 0 aliphatic rings. The fourth-order valence-electron chi connectivity index (χ4n) is 7.43. The average molecular weight is 651 g/mol. The number of hydrogen-bond donors (Lipinski definition) is 0. The van der Waals surface area contributed by atoms with Crippen LogP contribution in [0.25, 0.3) is 94.3 Å². The molecule has 0 spiro atoms. The molecule has 51 heavy (non-hydrogen) atoms. The van der Waals surface area contributed by atoms with Gasteiger partial charge in [-0.3, -0.25) is 0 Å². The molecule has 238 valence electrons. The van der Waals surface area contributed by atoms with Gasteiger partial charge in [-0.05, 0) is 63.0 Å². The maximum atomic E-state index is 5.13. The molecule has 10 rings (SSSR count). The molecule has 0 unspecified atom stereocenters. The summed E-state index contributed by atoms with van der Waals surface area (Å²) in [6.07, 6.45) is 0. The second-order valence-corrected chi connectivity index (χ2v) is 12.9. The van der Waals surface area contributed by atoms with Crippen molar-refractivity contribution in [2.24, 2.45) is 0 Å². The highest BCUT2D eigenvalue weighted by molar-refractivity contribution is 6.28. The molecule has 2 aromatic heterocycles. The van der Waals surface area contributed by atoms with Crippen LogP contribution < -0.4 is 0 Å². The molecule has 0 amide bonds. The molecule has 0 aliphatic carbocycles. The quantitative estimate of drug-likeness (QED) is 0.186. The number of hydrogen-bond acceptors (Lipinski definition) is 3. The third kappa shape index (κ3) is 4.96. The van der Waals surface area contributed by atoms with E-state index in [0.717, 1.165) is 44.5 Å². The van der Waals surface area contributed by atoms with Gasteiger partial charge in [-0.15, -0.1) is 0 Å². The lowest BCUT2D eigenvalue weighted by Crippen LogP contribution is -2.01. The predicted molar refractivity (Wildman–Crippen MR) is 211 cm³/mol. The van der Waals surface area contributed by atoms with Gasteiger partial charge in [0.25, 0.3) is 0 Å². The Balaban J connectivity index is 1.30. The first-order valence-electron chi connectivity index (χ1n) is 17.2. The number of benzene rings is 8. The van der Waals surface area contributed by atoms with E-state index in [9.17, 15) is 0 Å². The zero-order valence-corrected chi connectivity index (χ0v) is 27.6. The van der Waals surface area contributed by atoms with Crippen molar-refractivity contribution in [3.63, 3.8) is 0 Å². The smallest absolute Gasteiger partial charge is 0.164 e. The van der Waals surface area contributed by atoms with Gasteiger partial charge < -0.3 is 4.57 Å². The number of rotatable bonds is 5. The second-order valence-electron chi connectivity index (χ2n) is 12.9. The molecule has 0 aliphatic heterocycles. The fraction of sp³-hybridized carbons (Fsp3) is 0. The van der Waals surface area contributed by atoms with Crippen LogP contribution in [-0.4, -0.2) is 19.5 Å². The normalized spacial score (nSPS) is 11.5. The topological polar surface area (TPSA) is 43.6 Å². The van der Waals surface area contributed by atoms with E-state index in [0.29, 0.717) is 17.5 Å². The van der Waals surface area contributed by atoms with Crippen LogP contribution in [0.3, 0.4) is 0 Å². The Morgan fingerprint density at radius 3 is 1.24 bits per heavy atom. The third-order valence-corrected chi connectivity index (χ3v) is 9.79. The van der Waals surface area contributed by atoms with E-state index in [4.69, 9.17) is 15.0 Å². The molecule has 0 N–H and O–H groups in total. The zero-order valence-electron chi connectivity index (χ0n) is 27.6. The van der Waals surface area contributed by atoms with Crippen molar-refractivity contribution in [1.82, 2.24) is 19.5 Å². The van der Waals surface area contributed by atoms with Crippen molar-refractivity contribution in [3.05, 3.63) is 182 Å². The summed E-state index contributed by atoms with van der Waals surface area (Å²) in [4.78, 5) is 15.2. The Kier molecular flexibility index (Phi) is 6.78. The molecule has 2 heterocycles. The van der Waals surface area contributed by atoms with Crippen molar-refractivity contribution in [2.75, 3.05) is 0 Å². The molecule has 0 bridgehead atoms. The van der Waals surface area contributed by atoms with Crippen molar-refractivity contribution in [2.45, 2.75) is 0 Å². The van der Waals surface area contributed by atoms with Gasteiger partial charge in [-0.1, -0.05) is 152 Å². The van der Waals surface area contributed by atoms with Crippen LogP contribution in [0.2, 0.25) is 0 Å². The Bertz CT molecular complexity index is 2740. The first-order valence-corrected chi connectivity index (χ1v) is 17.2. The van der Waals surface area contributed by atoms with E-state index in [1.807, 2.05) is 60.7 Å². The van der Waals surface area contributed by atoms with Crippen molar-refractivity contribution in [1.29, 1.82) is 0 Å². The van der Waals surface area contributed by atoms with Gasteiger partial charge in [-0.2, -0.15) is 0 Å². The molecule has 0 saturated heterocycles. The van der Waals surface area contributed by atoms with Crippen LogP contribution in [0.1, 0.15) is 0 Å². The SMILES string of the molecule is c1ccc(-c2cc(-c3nc(-c4ccccc4)nc(-c4ccccc4)n3)cc(-n3c4ccc5ccccc5c4c4c5ccccc5ccc43)c2)cc1. The lowest BCUT2D eigenvalue weighted by molar-refractivity contribution is 1.07. The predicted octanol–water partition coefficient (Wildman–Crippen LogP) is 11.9. The van der Waals surface area contributed by atoms with Crippen LogP contribution in [0.4, 0.5) is 0 Å². The van der Waals surface area contributed by atoms with Gasteiger partial charge in [0.1, 0.15) is 0 Å². The van der Waals surface area contributed by atoms with E-state index in [1.165, 1.54) is 32.3 Å². The molecule has 4 heteroatoms. The van der Waals surface area contributed by atoms with E-state index in [2.05, 4.69) is 126 Å². The van der Waals surface area contributed by atoms with Crippen LogP contribution in [-0.2, 0) is 0 Å². The minimum atomic E-state index is 0.624. The maximum Gasteiger partial charge on any atom is 0.164 e. The summed E-state index contributed by atoms with van der Waals surface area (Å²) in [5, 5.41) is 7.44. The van der Waals surface area contributed by atoms with Gasteiger partial charge in [0.15, 0.2) is 17.5 Å². The first-order chi connectivity index (χ1) is 25.3. The highest BCUT2D eigenvalue weighted by Crippen LogP contribution is 2.42. The van der Waals surface area contributed by atoms with E-state index in [1.54, 1.807) is 0 Å². The highest BCUT2D eigenvalue weighted by atomic mass is 15.0. The van der Waals surface area contributed by atoms with Crippen molar-refractivity contribution in [3.8, 4) is 51.0 Å². The molecule has 8 aromatic carbocycles. The molecular formula is C47H30N4. The average Bonchev–Trinajstić information content (AvgIpc) is 3.57. The second kappa shape index (κ2) is 11.9. The van der Waals surface area contributed by atoms with Gasteiger partial charge in [-0.25, -0.2) is 15.0 Å². The summed E-state index contributed by atoms with van der Waals surface area (Å²) in [7, 11) is 0. The molecular weight excluding hydrogens is 621 g/mol. The molecule has 0 fully saturated rings. The molecule has 0 saturated carbocycles. The molecule has 0 atom stereocenters.